The summed E-state index contributed by atoms with van der Waals surface area (Å²) in [5.74, 6) is 0. The molecule has 0 atom stereocenters. The van der Waals surface area contributed by atoms with E-state index in [1.807, 2.05) is 24.3 Å². The SMILES string of the molecule is CN(F)c1ccc2c(c1)Cc1cc(S)ccc1C2. The minimum atomic E-state index is 0.610. The molecule has 18 heavy (non-hydrogen) atoms. The average Bonchev–Trinajstić information content (AvgIpc) is 2.35. The molecule has 0 radical (unpaired) electrons. The number of halogens is 1. The van der Waals surface area contributed by atoms with Gasteiger partial charge in [-0.15, -0.1) is 17.1 Å². The summed E-state index contributed by atoms with van der Waals surface area (Å²) in [4.78, 5) is 0.982. The highest BCUT2D eigenvalue weighted by atomic mass is 32.1. The zero-order valence-electron chi connectivity index (χ0n) is 10.2. The van der Waals surface area contributed by atoms with Crippen molar-refractivity contribution in [2.45, 2.75) is 17.7 Å². The Morgan fingerprint density at radius 2 is 1.56 bits per heavy atom. The van der Waals surface area contributed by atoms with Crippen molar-refractivity contribution in [2.24, 2.45) is 0 Å². The molecule has 0 saturated heterocycles. The van der Waals surface area contributed by atoms with Crippen LogP contribution in [0.25, 0.3) is 0 Å². The summed E-state index contributed by atoms with van der Waals surface area (Å²) in [6.45, 7) is 0. The van der Waals surface area contributed by atoms with E-state index in [1.54, 1.807) is 0 Å². The number of benzene rings is 2. The van der Waals surface area contributed by atoms with Crippen LogP contribution in [-0.4, -0.2) is 7.05 Å². The number of thiol groups is 1. The molecule has 0 unspecified atom stereocenters. The molecule has 0 bridgehead atoms. The molecular formula is C15H14FNS. The van der Waals surface area contributed by atoms with Crippen molar-refractivity contribution in [3.8, 4) is 0 Å². The summed E-state index contributed by atoms with van der Waals surface area (Å²) in [7, 11) is 1.42. The van der Waals surface area contributed by atoms with Crippen LogP contribution in [0.15, 0.2) is 41.3 Å². The Balaban J connectivity index is 2.03. The summed E-state index contributed by atoms with van der Waals surface area (Å²) in [5, 5.41) is 0.658. The van der Waals surface area contributed by atoms with Crippen molar-refractivity contribution in [2.75, 3.05) is 12.2 Å². The standard InChI is InChI=1S/C15H14FNS/c1-17(16)14-4-2-10-6-11-3-5-15(18)9-13(11)7-12(10)8-14/h2-5,8-9,18H,6-7H2,1H3. The fourth-order valence-electron chi connectivity index (χ4n) is 2.50. The van der Waals surface area contributed by atoms with Gasteiger partial charge in [-0.05, 0) is 59.4 Å². The van der Waals surface area contributed by atoms with E-state index < -0.39 is 0 Å². The van der Waals surface area contributed by atoms with Gasteiger partial charge < -0.3 is 0 Å². The number of fused-ring (bicyclic) bond motifs is 2. The molecule has 0 aliphatic heterocycles. The van der Waals surface area contributed by atoms with Crippen LogP contribution in [0.5, 0.6) is 0 Å². The number of hydrogen-bond acceptors (Lipinski definition) is 2. The number of rotatable bonds is 1. The van der Waals surface area contributed by atoms with E-state index in [4.69, 9.17) is 0 Å². The van der Waals surface area contributed by atoms with Gasteiger partial charge in [0.25, 0.3) is 0 Å². The third-order valence-corrected chi connectivity index (χ3v) is 3.78. The van der Waals surface area contributed by atoms with Gasteiger partial charge in [-0.3, -0.25) is 0 Å². The molecule has 3 rings (SSSR count). The van der Waals surface area contributed by atoms with E-state index in [-0.39, 0.29) is 0 Å². The molecule has 1 nitrogen and oxygen atoms in total. The van der Waals surface area contributed by atoms with E-state index >= 15 is 0 Å². The molecule has 3 heteroatoms. The zero-order chi connectivity index (χ0) is 12.7. The Bertz CT molecular complexity index is 607. The lowest BCUT2D eigenvalue weighted by molar-refractivity contribution is 0.475. The van der Waals surface area contributed by atoms with Gasteiger partial charge in [-0.25, -0.2) is 5.12 Å². The highest BCUT2D eigenvalue weighted by Crippen LogP contribution is 2.31. The first-order valence-electron chi connectivity index (χ1n) is 5.95. The smallest absolute Gasteiger partial charge is 0.0687 e. The van der Waals surface area contributed by atoms with Crippen LogP contribution in [0.2, 0.25) is 0 Å². The average molecular weight is 259 g/mol. The fraction of sp³-hybridized carbons (Fsp3) is 0.200. The summed E-state index contributed by atoms with van der Waals surface area (Å²) in [5.41, 5.74) is 5.76. The van der Waals surface area contributed by atoms with Crippen LogP contribution in [0.1, 0.15) is 22.3 Å². The summed E-state index contributed by atoms with van der Waals surface area (Å²) >= 11 is 4.37. The third-order valence-electron chi connectivity index (χ3n) is 3.50. The first-order valence-corrected chi connectivity index (χ1v) is 6.40. The van der Waals surface area contributed by atoms with Crippen molar-refractivity contribution < 1.29 is 4.48 Å². The first-order chi connectivity index (χ1) is 8.63. The number of anilines is 1. The van der Waals surface area contributed by atoms with Crippen molar-refractivity contribution in [1.82, 2.24) is 0 Å². The topological polar surface area (TPSA) is 3.24 Å². The minimum absolute atomic E-state index is 0.610. The largest absolute Gasteiger partial charge is 0.215 e. The lowest BCUT2D eigenvalue weighted by atomic mass is 9.86. The van der Waals surface area contributed by atoms with Gasteiger partial charge in [0.2, 0.25) is 0 Å². The van der Waals surface area contributed by atoms with Crippen LogP contribution >= 0.6 is 12.6 Å². The van der Waals surface area contributed by atoms with E-state index in [2.05, 4.69) is 24.8 Å². The van der Waals surface area contributed by atoms with E-state index in [0.29, 0.717) is 10.8 Å². The molecule has 2 aromatic rings. The Morgan fingerprint density at radius 1 is 0.944 bits per heavy atom. The molecule has 1 aliphatic carbocycles. The van der Waals surface area contributed by atoms with Crippen molar-refractivity contribution in [3.05, 3.63) is 58.7 Å². The van der Waals surface area contributed by atoms with Gasteiger partial charge in [-0.2, -0.15) is 0 Å². The predicted molar refractivity (Wildman–Crippen MR) is 75.3 cm³/mol. The quantitative estimate of drug-likeness (QED) is 0.514. The Labute approximate surface area is 112 Å². The first kappa shape index (κ1) is 11.6. The molecule has 0 N–H and O–H groups in total. The second-order valence-electron chi connectivity index (χ2n) is 4.74. The Hall–Kier alpha value is -1.48. The van der Waals surface area contributed by atoms with E-state index in [0.717, 1.165) is 17.7 Å². The van der Waals surface area contributed by atoms with Gasteiger partial charge in [0.15, 0.2) is 0 Å². The van der Waals surface area contributed by atoms with Gasteiger partial charge in [0, 0.05) is 11.9 Å². The molecule has 0 fully saturated rings. The third kappa shape index (κ3) is 1.99. The molecule has 1 aliphatic rings. The lowest BCUT2D eigenvalue weighted by Gasteiger charge is -2.21. The highest BCUT2D eigenvalue weighted by molar-refractivity contribution is 7.80. The van der Waals surface area contributed by atoms with Gasteiger partial charge in [-0.1, -0.05) is 12.1 Å². The van der Waals surface area contributed by atoms with Gasteiger partial charge in [0.1, 0.15) is 0 Å². The Kier molecular flexibility index (Phi) is 2.78. The van der Waals surface area contributed by atoms with Crippen LogP contribution < -0.4 is 5.12 Å². The summed E-state index contributed by atoms with van der Waals surface area (Å²) in [6, 6.07) is 12.1. The molecule has 2 aromatic carbocycles. The second kappa shape index (κ2) is 4.32. The van der Waals surface area contributed by atoms with Gasteiger partial charge in [0.05, 0.1) is 5.69 Å². The normalized spacial score (nSPS) is 12.8. The molecule has 0 amide bonds. The summed E-state index contributed by atoms with van der Waals surface area (Å²) in [6.07, 6.45) is 1.79. The van der Waals surface area contributed by atoms with Crippen LogP contribution in [0.3, 0.4) is 0 Å². The maximum absolute atomic E-state index is 13.2. The fourth-order valence-corrected chi connectivity index (χ4v) is 2.73. The molecule has 0 aromatic heterocycles. The summed E-state index contributed by atoms with van der Waals surface area (Å²) < 4.78 is 13.2. The van der Waals surface area contributed by atoms with Crippen molar-refractivity contribution >= 4 is 18.3 Å². The molecule has 0 saturated carbocycles. The Morgan fingerprint density at radius 3 is 2.28 bits per heavy atom. The van der Waals surface area contributed by atoms with E-state index in [1.165, 1.54) is 29.3 Å². The van der Waals surface area contributed by atoms with Crippen molar-refractivity contribution in [1.29, 1.82) is 0 Å². The monoisotopic (exact) mass is 259 g/mol. The lowest BCUT2D eigenvalue weighted by Crippen LogP contribution is -2.09. The predicted octanol–water partition coefficient (Wildman–Crippen LogP) is 3.79. The molecule has 92 valence electrons. The number of hydrogen-bond donors (Lipinski definition) is 1. The second-order valence-corrected chi connectivity index (χ2v) is 5.25. The van der Waals surface area contributed by atoms with Crippen molar-refractivity contribution in [3.63, 3.8) is 0 Å². The van der Waals surface area contributed by atoms with Crippen LogP contribution in [-0.2, 0) is 12.8 Å². The number of nitrogens with zero attached hydrogens (tertiary/aromatic N) is 1. The minimum Gasteiger partial charge on any atom is -0.215 e. The molecular weight excluding hydrogens is 245 g/mol. The van der Waals surface area contributed by atoms with Crippen LogP contribution in [0, 0.1) is 0 Å². The highest BCUT2D eigenvalue weighted by Gasteiger charge is 2.16. The molecule has 0 heterocycles. The zero-order valence-corrected chi connectivity index (χ0v) is 11.0. The van der Waals surface area contributed by atoms with E-state index in [9.17, 15) is 4.48 Å². The maximum Gasteiger partial charge on any atom is 0.0687 e. The molecule has 0 spiro atoms. The van der Waals surface area contributed by atoms with Crippen LogP contribution in [0.4, 0.5) is 10.2 Å². The van der Waals surface area contributed by atoms with Gasteiger partial charge >= 0.3 is 0 Å². The maximum atomic E-state index is 13.2.